The number of esters is 2. The molecule has 56 heavy (non-hydrogen) atoms. The van der Waals surface area contributed by atoms with Crippen molar-refractivity contribution in [2.75, 3.05) is 26.4 Å². The molecule has 10 nitrogen and oxygen atoms in total. The van der Waals surface area contributed by atoms with Crippen LogP contribution < -0.4 is 5.73 Å². The molecule has 2 unspecified atom stereocenters. The van der Waals surface area contributed by atoms with E-state index < -0.39 is 32.5 Å². The van der Waals surface area contributed by atoms with Crippen LogP contribution in [0.3, 0.4) is 0 Å². The van der Waals surface area contributed by atoms with Crippen molar-refractivity contribution in [1.29, 1.82) is 0 Å². The van der Waals surface area contributed by atoms with Crippen molar-refractivity contribution < 1.29 is 42.7 Å². The molecule has 4 N–H and O–H groups in total. The summed E-state index contributed by atoms with van der Waals surface area (Å²) in [4.78, 5) is 34.8. The fourth-order valence-corrected chi connectivity index (χ4v) is 5.75. The molecule has 0 amide bonds. The molecular weight excluding hydrogens is 729 g/mol. The van der Waals surface area contributed by atoms with Gasteiger partial charge in [0.1, 0.15) is 6.61 Å². The summed E-state index contributed by atoms with van der Waals surface area (Å²) in [5, 5.41) is 9.72. The van der Waals surface area contributed by atoms with Crippen LogP contribution >= 0.6 is 7.82 Å². The third-order valence-corrected chi connectivity index (χ3v) is 8.99. The highest BCUT2D eigenvalue weighted by molar-refractivity contribution is 7.47. The molecule has 0 aromatic heterocycles. The molecule has 0 aromatic carbocycles. The fraction of sp³-hybridized carbons (Fsp3) is 0.600. The number of carbonyl (C=O) groups is 2. The largest absolute Gasteiger partial charge is 0.472 e. The van der Waals surface area contributed by atoms with Crippen molar-refractivity contribution in [1.82, 2.24) is 0 Å². The van der Waals surface area contributed by atoms with Crippen molar-refractivity contribution in [2.24, 2.45) is 5.73 Å². The van der Waals surface area contributed by atoms with Crippen molar-refractivity contribution in [3.05, 3.63) is 97.2 Å². The lowest BCUT2D eigenvalue weighted by Gasteiger charge is -2.19. The molecule has 0 aliphatic rings. The number of hydrogen-bond acceptors (Lipinski definition) is 9. The standard InChI is InChI=1S/C45H74NO9P/c1-3-5-6-7-8-9-10-11-12-13-14-17-21-24-27-30-33-37-45(49)55-43(41-54-56(50,51)53-39-38-46)40-52-44(48)36-32-29-26-23-20-18-15-16-19-22-25-28-31-35-42(47)34-4-2/h5-6,8-9,11-12,14-15,17-19,22-23,26,28,31,42-43,47H,3-4,7,10,13,16,20-21,24-25,27,29-30,32-41,46H2,1-2H3,(H,50,51)/b6-5-,9-8-,12-11-,17-14-,18-15-,22-19-,26-23-,31-28-/t42?,43-/m1/s1. The maximum Gasteiger partial charge on any atom is 0.472 e. The Morgan fingerprint density at radius 1 is 0.625 bits per heavy atom. The van der Waals surface area contributed by atoms with E-state index in [2.05, 4.69) is 98.9 Å². The highest BCUT2D eigenvalue weighted by Gasteiger charge is 2.25. The molecule has 0 aromatic rings. The van der Waals surface area contributed by atoms with Crippen molar-refractivity contribution in [2.45, 2.75) is 148 Å². The summed E-state index contributed by atoms with van der Waals surface area (Å²) < 4.78 is 32.6. The zero-order valence-corrected chi connectivity index (χ0v) is 35.3. The van der Waals surface area contributed by atoms with Crippen LogP contribution in [-0.4, -0.2) is 60.5 Å². The van der Waals surface area contributed by atoms with Gasteiger partial charge < -0.3 is 25.2 Å². The summed E-state index contributed by atoms with van der Waals surface area (Å²) in [7, 11) is -4.41. The minimum Gasteiger partial charge on any atom is -0.462 e. The van der Waals surface area contributed by atoms with Gasteiger partial charge in [-0.25, -0.2) is 4.57 Å². The first-order valence-corrected chi connectivity index (χ1v) is 22.3. The third kappa shape index (κ3) is 39.1. The Morgan fingerprint density at radius 2 is 1.12 bits per heavy atom. The van der Waals surface area contributed by atoms with Gasteiger partial charge >= 0.3 is 19.8 Å². The van der Waals surface area contributed by atoms with Crippen LogP contribution in [0.4, 0.5) is 0 Å². The van der Waals surface area contributed by atoms with Crippen LogP contribution in [-0.2, 0) is 32.7 Å². The summed E-state index contributed by atoms with van der Waals surface area (Å²) in [5.41, 5.74) is 5.33. The number of unbranched alkanes of at least 4 members (excludes halogenated alkanes) is 5. The normalized spacial score (nSPS) is 14.9. The van der Waals surface area contributed by atoms with Crippen molar-refractivity contribution >= 4 is 19.8 Å². The van der Waals surface area contributed by atoms with Gasteiger partial charge in [-0.2, -0.15) is 0 Å². The Morgan fingerprint density at radius 3 is 1.68 bits per heavy atom. The molecule has 0 aliphatic carbocycles. The Kier molecular flexibility index (Phi) is 37.9. The summed E-state index contributed by atoms with van der Waals surface area (Å²) in [6, 6.07) is 0. The average Bonchev–Trinajstić information content (AvgIpc) is 3.17. The van der Waals surface area contributed by atoms with Gasteiger partial charge in [0.25, 0.3) is 0 Å². The second-order valence-electron chi connectivity index (χ2n) is 13.3. The van der Waals surface area contributed by atoms with Crippen LogP contribution in [0.15, 0.2) is 97.2 Å². The summed E-state index contributed by atoms with van der Waals surface area (Å²) in [6.07, 6.45) is 47.9. The van der Waals surface area contributed by atoms with E-state index in [0.717, 1.165) is 83.5 Å². The number of phosphoric acid groups is 1. The van der Waals surface area contributed by atoms with Gasteiger partial charge in [0.15, 0.2) is 6.10 Å². The van der Waals surface area contributed by atoms with E-state index in [9.17, 15) is 24.2 Å². The fourth-order valence-electron chi connectivity index (χ4n) is 4.98. The minimum atomic E-state index is -4.41. The van der Waals surface area contributed by atoms with Gasteiger partial charge in [-0.3, -0.25) is 18.6 Å². The first-order valence-electron chi connectivity index (χ1n) is 20.8. The van der Waals surface area contributed by atoms with Crippen LogP contribution in [0.2, 0.25) is 0 Å². The van der Waals surface area contributed by atoms with E-state index in [1.54, 1.807) is 0 Å². The molecular formula is C45H74NO9P. The van der Waals surface area contributed by atoms with Crippen LogP contribution in [0, 0.1) is 0 Å². The molecule has 0 saturated heterocycles. The topological polar surface area (TPSA) is 155 Å². The lowest BCUT2D eigenvalue weighted by atomic mass is 10.1. The molecule has 0 heterocycles. The minimum absolute atomic E-state index is 0.0302. The number of carbonyl (C=O) groups excluding carboxylic acids is 2. The molecule has 318 valence electrons. The number of allylic oxidation sites excluding steroid dienone is 15. The molecule has 11 heteroatoms. The van der Waals surface area contributed by atoms with E-state index >= 15 is 0 Å². The molecule has 3 atom stereocenters. The van der Waals surface area contributed by atoms with Gasteiger partial charge in [0, 0.05) is 19.4 Å². The quantitative estimate of drug-likeness (QED) is 0.0239. The molecule has 0 radical (unpaired) electrons. The molecule has 0 bridgehead atoms. The Hall–Kier alpha value is -3.11. The number of aliphatic hydroxyl groups excluding tert-OH is 1. The van der Waals surface area contributed by atoms with Crippen LogP contribution in [0.5, 0.6) is 0 Å². The van der Waals surface area contributed by atoms with Gasteiger partial charge in [-0.15, -0.1) is 0 Å². The summed E-state index contributed by atoms with van der Waals surface area (Å²) >= 11 is 0. The van der Waals surface area contributed by atoms with Gasteiger partial charge in [0.05, 0.1) is 19.3 Å². The number of ether oxygens (including phenoxy) is 2. The first kappa shape index (κ1) is 52.9. The van der Waals surface area contributed by atoms with E-state index in [4.69, 9.17) is 24.3 Å². The SMILES string of the molecule is CC/C=C\C/C=C\C/C=C\C/C=C\CCCCCCC(=O)O[C@H](COC(=O)CCC/C=C\C/C=C\C/C=C\C/C=C\CC(O)CCC)COP(=O)(O)OCCN. The van der Waals surface area contributed by atoms with E-state index in [1.165, 1.54) is 0 Å². The Bertz CT molecular complexity index is 1250. The molecule has 0 spiro atoms. The zero-order chi connectivity index (χ0) is 41.2. The van der Waals surface area contributed by atoms with Crippen LogP contribution in [0.25, 0.3) is 0 Å². The van der Waals surface area contributed by atoms with Gasteiger partial charge in [-0.1, -0.05) is 130 Å². The number of aliphatic hydroxyl groups is 1. The Balaban J connectivity index is 4.36. The zero-order valence-electron chi connectivity index (χ0n) is 34.4. The average molecular weight is 804 g/mol. The molecule has 0 aliphatic heterocycles. The highest BCUT2D eigenvalue weighted by Crippen LogP contribution is 2.43. The first-order chi connectivity index (χ1) is 27.2. The van der Waals surface area contributed by atoms with Crippen molar-refractivity contribution in [3.63, 3.8) is 0 Å². The summed E-state index contributed by atoms with van der Waals surface area (Å²) in [6.45, 7) is 3.28. The lowest BCUT2D eigenvalue weighted by Crippen LogP contribution is -2.29. The highest BCUT2D eigenvalue weighted by atomic mass is 31.2. The Labute approximate surface area is 339 Å². The molecule has 0 saturated carbocycles. The summed E-state index contributed by atoms with van der Waals surface area (Å²) in [5.74, 6) is -0.954. The predicted octanol–water partition coefficient (Wildman–Crippen LogP) is 10.8. The third-order valence-electron chi connectivity index (χ3n) is 8.01. The van der Waals surface area contributed by atoms with Crippen molar-refractivity contribution in [3.8, 4) is 0 Å². The lowest BCUT2D eigenvalue weighted by molar-refractivity contribution is -0.161. The molecule has 0 fully saturated rings. The predicted molar refractivity (Wildman–Crippen MR) is 230 cm³/mol. The van der Waals surface area contributed by atoms with Crippen LogP contribution in [0.1, 0.15) is 136 Å². The monoisotopic (exact) mass is 804 g/mol. The smallest absolute Gasteiger partial charge is 0.462 e. The van der Waals surface area contributed by atoms with E-state index in [1.807, 2.05) is 12.2 Å². The second kappa shape index (κ2) is 40.1. The van der Waals surface area contributed by atoms with Gasteiger partial charge in [-0.05, 0) is 89.9 Å². The second-order valence-corrected chi connectivity index (χ2v) is 14.8. The van der Waals surface area contributed by atoms with E-state index in [-0.39, 0.29) is 38.7 Å². The van der Waals surface area contributed by atoms with E-state index in [0.29, 0.717) is 25.7 Å². The van der Waals surface area contributed by atoms with Gasteiger partial charge in [0.2, 0.25) is 0 Å². The number of hydrogen-bond donors (Lipinski definition) is 3. The molecule has 0 rings (SSSR count). The number of phosphoric ester groups is 1. The number of rotatable bonds is 37. The maximum absolute atomic E-state index is 12.6. The number of nitrogens with two attached hydrogens (primary N) is 1. The maximum atomic E-state index is 12.6.